The first-order chi connectivity index (χ1) is 10.5. The topological polar surface area (TPSA) is 34.1 Å². The minimum absolute atomic E-state index is 0.0290. The highest BCUT2D eigenvalue weighted by atomic mass is 79.9. The van der Waals surface area contributed by atoms with Crippen molar-refractivity contribution in [3.8, 4) is 0 Å². The number of allylic oxidation sites excluding steroid dienone is 2. The minimum Gasteiger partial charge on any atom is -0.289 e. The van der Waals surface area contributed by atoms with Gasteiger partial charge in [0.15, 0.2) is 11.6 Å². The van der Waals surface area contributed by atoms with Crippen LogP contribution in [-0.4, -0.2) is 11.6 Å². The molecule has 22 heavy (non-hydrogen) atoms. The van der Waals surface area contributed by atoms with Gasteiger partial charge >= 0.3 is 0 Å². The van der Waals surface area contributed by atoms with Crippen LogP contribution in [-0.2, 0) is 6.42 Å². The second-order valence-electron chi connectivity index (χ2n) is 5.61. The van der Waals surface area contributed by atoms with Crippen LogP contribution in [0.4, 0.5) is 0 Å². The van der Waals surface area contributed by atoms with E-state index < -0.39 is 0 Å². The Hall–Kier alpha value is -2.00. The number of benzene rings is 2. The average Bonchev–Trinajstić information content (AvgIpc) is 2.51. The number of carbonyl (C=O) groups excluding carboxylic acids is 2. The van der Waals surface area contributed by atoms with Gasteiger partial charge in [-0.1, -0.05) is 45.8 Å². The van der Waals surface area contributed by atoms with Gasteiger partial charge in [0.05, 0.1) is 0 Å². The molecule has 0 radical (unpaired) electrons. The summed E-state index contributed by atoms with van der Waals surface area (Å²) in [5, 5.41) is 0. The van der Waals surface area contributed by atoms with Crippen molar-refractivity contribution in [2.24, 2.45) is 0 Å². The third kappa shape index (κ3) is 2.57. The van der Waals surface area contributed by atoms with Crippen molar-refractivity contribution in [3.05, 3.63) is 80.3 Å². The summed E-state index contributed by atoms with van der Waals surface area (Å²) in [5.74, 6) is -0.0690. The fourth-order valence-corrected chi connectivity index (χ4v) is 3.00. The lowest BCUT2D eigenvalue weighted by Crippen LogP contribution is -2.22. The van der Waals surface area contributed by atoms with Crippen molar-refractivity contribution >= 4 is 27.5 Å². The molecule has 1 aliphatic rings. The molecule has 0 N–H and O–H groups in total. The Kier molecular flexibility index (Phi) is 3.83. The van der Waals surface area contributed by atoms with Crippen LogP contribution < -0.4 is 0 Å². The second kappa shape index (κ2) is 5.65. The Balaban J connectivity index is 2.04. The molecule has 0 atom stereocenters. The predicted octanol–water partition coefficient (Wildman–Crippen LogP) is 4.70. The van der Waals surface area contributed by atoms with E-state index in [0.717, 1.165) is 15.6 Å². The molecular weight excluding hydrogens is 340 g/mol. The Morgan fingerprint density at radius 2 is 1.55 bits per heavy atom. The van der Waals surface area contributed by atoms with Crippen molar-refractivity contribution < 1.29 is 9.59 Å². The average molecular weight is 355 g/mol. The van der Waals surface area contributed by atoms with E-state index in [2.05, 4.69) is 15.9 Å². The Bertz CT molecular complexity index is 814. The van der Waals surface area contributed by atoms with Crippen LogP contribution in [0.25, 0.3) is 0 Å². The van der Waals surface area contributed by atoms with Crippen LogP contribution in [0, 0.1) is 6.92 Å². The van der Waals surface area contributed by atoms with Crippen molar-refractivity contribution in [2.75, 3.05) is 0 Å². The number of Topliss-reactive ketones (excluding diaryl/α,β-unsaturated/α-hetero) is 2. The van der Waals surface area contributed by atoms with Gasteiger partial charge in [-0.2, -0.15) is 0 Å². The number of aryl methyl sites for hydroxylation is 1. The Morgan fingerprint density at radius 1 is 0.864 bits per heavy atom. The fourth-order valence-electron chi connectivity index (χ4n) is 2.74. The van der Waals surface area contributed by atoms with E-state index in [-0.39, 0.29) is 11.6 Å². The smallest absolute Gasteiger partial charge is 0.190 e. The number of rotatable bonds is 2. The van der Waals surface area contributed by atoms with Crippen LogP contribution in [0.2, 0.25) is 0 Å². The summed E-state index contributed by atoms with van der Waals surface area (Å²) in [5.41, 5.74) is 4.22. The zero-order valence-electron chi connectivity index (χ0n) is 12.4. The molecule has 0 spiro atoms. The molecule has 2 nitrogen and oxygen atoms in total. The molecule has 0 bridgehead atoms. The van der Waals surface area contributed by atoms with Crippen LogP contribution in [0.15, 0.2) is 58.1 Å². The minimum atomic E-state index is -0.0401. The van der Waals surface area contributed by atoms with Gasteiger partial charge < -0.3 is 0 Å². The number of fused-ring (bicyclic) bond motifs is 1. The van der Waals surface area contributed by atoms with Gasteiger partial charge in [-0.05, 0) is 37.6 Å². The maximum absolute atomic E-state index is 12.8. The molecule has 2 aromatic rings. The molecule has 0 aromatic heterocycles. The standard InChI is InChI=1S/C19H15BrO2/c1-11-3-8-15-17(9-11)19(22)16(12(2)18(15)21)10-13-4-6-14(20)7-5-13/h3-9H,10H2,1-2H3. The van der Waals surface area contributed by atoms with Crippen molar-refractivity contribution in [1.82, 2.24) is 0 Å². The molecule has 1 aliphatic carbocycles. The van der Waals surface area contributed by atoms with Gasteiger partial charge in [0.2, 0.25) is 0 Å². The van der Waals surface area contributed by atoms with Gasteiger partial charge in [-0.3, -0.25) is 9.59 Å². The van der Waals surface area contributed by atoms with Crippen LogP contribution in [0.1, 0.15) is 38.8 Å². The van der Waals surface area contributed by atoms with Gasteiger partial charge in [-0.15, -0.1) is 0 Å². The zero-order chi connectivity index (χ0) is 15.9. The highest BCUT2D eigenvalue weighted by Crippen LogP contribution is 2.29. The first kappa shape index (κ1) is 14.9. The molecule has 0 saturated heterocycles. The molecule has 0 aliphatic heterocycles. The third-order valence-corrected chi connectivity index (χ3v) is 4.55. The molecule has 0 amide bonds. The molecule has 3 heteroatoms. The lowest BCUT2D eigenvalue weighted by Gasteiger charge is -2.19. The molecule has 0 saturated carbocycles. The van der Waals surface area contributed by atoms with E-state index in [1.807, 2.05) is 43.3 Å². The summed E-state index contributed by atoms with van der Waals surface area (Å²) in [6.07, 6.45) is 0.483. The van der Waals surface area contributed by atoms with Crippen molar-refractivity contribution in [1.29, 1.82) is 0 Å². The lowest BCUT2D eigenvalue weighted by atomic mass is 9.82. The molecule has 3 rings (SSSR count). The normalized spacial score (nSPS) is 14.3. The monoisotopic (exact) mass is 354 g/mol. The van der Waals surface area contributed by atoms with E-state index in [1.54, 1.807) is 13.0 Å². The van der Waals surface area contributed by atoms with E-state index in [1.165, 1.54) is 0 Å². The number of carbonyl (C=O) groups is 2. The first-order valence-corrected chi connectivity index (χ1v) is 7.91. The van der Waals surface area contributed by atoms with Crippen LogP contribution >= 0.6 is 15.9 Å². The Labute approximate surface area is 138 Å². The maximum Gasteiger partial charge on any atom is 0.190 e. The van der Waals surface area contributed by atoms with Crippen LogP contribution in [0.5, 0.6) is 0 Å². The van der Waals surface area contributed by atoms with Gasteiger partial charge in [-0.25, -0.2) is 0 Å². The van der Waals surface area contributed by atoms with E-state index in [0.29, 0.717) is 28.7 Å². The van der Waals surface area contributed by atoms with E-state index in [9.17, 15) is 9.59 Å². The van der Waals surface area contributed by atoms with Gasteiger partial charge in [0.25, 0.3) is 0 Å². The lowest BCUT2D eigenvalue weighted by molar-refractivity contribution is 0.0973. The Morgan fingerprint density at radius 3 is 2.23 bits per heavy atom. The predicted molar refractivity (Wildman–Crippen MR) is 90.4 cm³/mol. The number of ketones is 2. The molecule has 0 heterocycles. The van der Waals surface area contributed by atoms with Crippen molar-refractivity contribution in [2.45, 2.75) is 20.3 Å². The summed E-state index contributed by atoms with van der Waals surface area (Å²) in [4.78, 5) is 25.3. The molecule has 0 unspecified atom stereocenters. The number of hydrogen-bond acceptors (Lipinski definition) is 2. The summed E-state index contributed by atoms with van der Waals surface area (Å²) in [7, 11) is 0. The first-order valence-electron chi connectivity index (χ1n) is 7.11. The summed E-state index contributed by atoms with van der Waals surface area (Å²) in [6.45, 7) is 3.68. The van der Waals surface area contributed by atoms with Gasteiger partial charge in [0, 0.05) is 33.2 Å². The fraction of sp³-hybridized carbons (Fsp3) is 0.158. The van der Waals surface area contributed by atoms with E-state index in [4.69, 9.17) is 0 Å². The molecular formula is C19H15BrO2. The van der Waals surface area contributed by atoms with Crippen molar-refractivity contribution in [3.63, 3.8) is 0 Å². The quantitative estimate of drug-likeness (QED) is 0.783. The zero-order valence-corrected chi connectivity index (χ0v) is 14.0. The second-order valence-corrected chi connectivity index (χ2v) is 6.53. The summed E-state index contributed by atoms with van der Waals surface area (Å²) in [6, 6.07) is 13.3. The number of halogens is 1. The number of hydrogen-bond donors (Lipinski definition) is 0. The summed E-state index contributed by atoms with van der Waals surface area (Å²) >= 11 is 3.40. The SMILES string of the molecule is CC1=C(Cc2ccc(Br)cc2)C(=O)c2cc(C)ccc2C1=O. The highest BCUT2D eigenvalue weighted by molar-refractivity contribution is 9.10. The van der Waals surface area contributed by atoms with Crippen LogP contribution in [0.3, 0.4) is 0 Å². The molecule has 110 valence electrons. The maximum atomic E-state index is 12.8. The summed E-state index contributed by atoms with van der Waals surface area (Å²) < 4.78 is 0.994. The van der Waals surface area contributed by atoms with Gasteiger partial charge in [0.1, 0.15) is 0 Å². The molecule has 2 aromatic carbocycles. The molecule has 0 fully saturated rings. The van der Waals surface area contributed by atoms with E-state index >= 15 is 0 Å². The third-order valence-electron chi connectivity index (χ3n) is 4.03. The highest BCUT2D eigenvalue weighted by Gasteiger charge is 2.29. The largest absolute Gasteiger partial charge is 0.289 e.